The van der Waals surface area contributed by atoms with Crippen LogP contribution in [0, 0.1) is 0 Å². The van der Waals surface area contributed by atoms with Crippen LogP contribution in [-0.4, -0.2) is 24.1 Å². The molecule has 0 N–H and O–H groups in total. The van der Waals surface area contributed by atoms with Gasteiger partial charge in [0.25, 0.3) is 0 Å². The molecule has 0 saturated heterocycles. The second kappa shape index (κ2) is 12.3. The number of hydrogen-bond donors (Lipinski definition) is 0. The highest BCUT2D eigenvalue weighted by atomic mass is 16.3. The van der Waals surface area contributed by atoms with Gasteiger partial charge in [0.2, 0.25) is 5.95 Å². The monoisotopic (exact) mass is 729 g/mol. The molecule has 0 aliphatic carbocycles. The number of aromatic nitrogens is 5. The summed E-state index contributed by atoms with van der Waals surface area (Å²) in [5, 5.41) is 6.58. The van der Waals surface area contributed by atoms with Gasteiger partial charge in [-0.05, 0) is 47.5 Å². The average molecular weight is 730 g/mol. The summed E-state index contributed by atoms with van der Waals surface area (Å²) in [7, 11) is 0. The summed E-state index contributed by atoms with van der Waals surface area (Å²) < 4.78 is 11.0. The number of benzene rings is 8. The Morgan fingerprint density at radius 3 is 1.63 bits per heavy atom. The minimum atomic E-state index is 0.538. The standard InChI is InChI=1S/C51H31N5O/c1-3-14-32(15-4-1)33-26-28-34(29-27-33)49-52-50(41-21-13-25-45-46(41)40-20-9-12-24-44(40)57-45)54-51(53-49)56-43-23-11-8-19-37(43)39-31-30-38-36-18-7-10-22-42(36)55(47(38)48(39)56)35-16-5-2-6-17-35/h1-31H. The van der Waals surface area contributed by atoms with E-state index in [0.717, 1.165) is 88.1 Å². The Kier molecular flexibility index (Phi) is 6.83. The average Bonchev–Trinajstić information content (AvgIpc) is 3.95. The van der Waals surface area contributed by atoms with E-state index in [1.807, 2.05) is 36.4 Å². The van der Waals surface area contributed by atoms with Gasteiger partial charge in [0.1, 0.15) is 11.2 Å². The van der Waals surface area contributed by atoms with E-state index in [0.29, 0.717) is 17.6 Å². The number of nitrogens with zero attached hydrogens (tertiary/aromatic N) is 5. The summed E-state index contributed by atoms with van der Waals surface area (Å²) in [5.41, 5.74) is 11.0. The highest BCUT2D eigenvalue weighted by Gasteiger charge is 2.24. The van der Waals surface area contributed by atoms with Crippen molar-refractivity contribution < 1.29 is 4.42 Å². The van der Waals surface area contributed by atoms with Crippen LogP contribution >= 0.6 is 0 Å². The van der Waals surface area contributed by atoms with Gasteiger partial charge >= 0.3 is 0 Å². The molecule has 0 unspecified atom stereocenters. The Hall–Kier alpha value is -7.83. The van der Waals surface area contributed by atoms with E-state index >= 15 is 0 Å². The second-order valence-corrected chi connectivity index (χ2v) is 14.4. The summed E-state index contributed by atoms with van der Waals surface area (Å²) in [6.45, 7) is 0. The van der Waals surface area contributed by atoms with Crippen LogP contribution in [0.15, 0.2) is 192 Å². The van der Waals surface area contributed by atoms with Crippen molar-refractivity contribution in [1.29, 1.82) is 0 Å². The van der Waals surface area contributed by atoms with E-state index in [1.165, 1.54) is 5.39 Å². The first-order valence-electron chi connectivity index (χ1n) is 19.1. The van der Waals surface area contributed by atoms with Crippen molar-refractivity contribution in [3.63, 3.8) is 0 Å². The van der Waals surface area contributed by atoms with Crippen LogP contribution in [0.1, 0.15) is 0 Å². The molecule has 0 amide bonds. The molecule has 0 spiro atoms. The van der Waals surface area contributed by atoms with Crippen molar-refractivity contribution in [2.75, 3.05) is 0 Å². The molecule has 0 bridgehead atoms. The molecule has 0 fully saturated rings. The quantitative estimate of drug-likeness (QED) is 0.177. The predicted molar refractivity (Wildman–Crippen MR) is 232 cm³/mol. The first kappa shape index (κ1) is 31.5. The molecule has 0 atom stereocenters. The summed E-state index contributed by atoms with van der Waals surface area (Å²) in [4.78, 5) is 16.1. The summed E-state index contributed by atoms with van der Waals surface area (Å²) in [6, 6.07) is 65.5. The lowest BCUT2D eigenvalue weighted by molar-refractivity contribution is 0.669. The van der Waals surface area contributed by atoms with Crippen molar-refractivity contribution in [2.45, 2.75) is 0 Å². The highest BCUT2D eigenvalue weighted by molar-refractivity contribution is 6.23. The Balaban J connectivity index is 1.20. The first-order chi connectivity index (χ1) is 28.3. The molecular weight excluding hydrogens is 699 g/mol. The zero-order valence-corrected chi connectivity index (χ0v) is 30.5. The number of furan rings is 1. The van der Waals surface area contributed by atoms with Crippen LogP contribution in [0.2, 0.25) is 0 Å². The SMILES string of the molecule is c1ccc(-c2ccc(-c3nc(-c4cccc5oc6ccccc6c45)nc(-n4c5ccccc5c5ccc6c7ccccc7n(-c7ccccc7)c6c54)n3)cc2)cc1. The van der Waals surface area contributed by atoms with Crippen LogP contribution in [-0.2, 0) is 0 Å². The maximum atomic E-state index is 6.36. The van der Waals surface area contributed by atoms with Crippen LogP contribution in [0.5, 0.6) is 0 Å². The first-order valence-corrected chi connectivity index (χ1v) is 19.1. The fourth-order valence-electron chi connectivity index (χ4n) is 8.67. The molecule has 0 radical (unpaired) electrons. The number of para-hydroxylation sites is 4. The zero-order valence-electron chi connectivity index (χ0n) is 30.5. The van der Waals surface area contributed by atoms with Gasteiger partial charge in [-0.1, -0.05) is 152 Å². The Morgan fingerprint density at radius 1 is 0.351 bits per heavy atom. The van der Waals surface area contributed by atoms with Crippen molar-refractivity contribution in [1.82, 2.24) is 24.1 Å². The fraction of sp³-hybridized carbons (Fsp3) is 0. The molecule has 12 rings (SSSR count). The highest BCUT2D eigenvalue weighted by Crippen LogP contribution is 2.42. The maximum absolute atomic E-state index is 6.36. The molecule has 4 aromatic heterocycles. The van der Waals surface area contributed by atoms with Gasteiger partial charge in [-0.2, -0.15) is 9.97 Å². The van der Waals surface area contributed by atoms with Gasteiger partial charge in [-0.15, -0.1) is 0 Å². The molecule has 0 aliphatic heterocycles. The van der Waals surface area contributed by atoms with E-state index in [1.54, 1.807) is 0 Å². The lowest BCUT2D eigenvalue weighted by Crippen LogP contribution is -2.07. The molecule has 12 aromatic rings. The third-order valence-corrected chi connectivity index (χ3v) is 11.2. The van der Waals surface area contributed by atoms with Crippen LogP contribution in [0.3, 0.4) is 0 Å². The molecule has 8 aromatic carbocycles. The minimum Gasteiger partial charge on any atom is -0.456 e. The molecule has 4 heterocycles. The number of fused-ring (bicyclic) bond motifs is 10. The Labute approximate surface area is 326 Å². The molecular formula is C51H31N5O. The van der Waals surface area contributed by atoms with Crippen molar-refractivity contribution in [3.8, 4) is 45.5 Å². The lowest BCUT2D eigenvalue weighted by Gasteiger charge is -2.13. The third kappa shape index (κ3) is 4.81. The number of hydrogen-bond acceptors (Lipinski definition) is 4. The largest absolute Gasteiger partial charge is 0.456 e. The normalized spacial score (nSPS) is 11.9. The lowest BCUT2D eigenvalue weighted by atomic mass is 10.0. The third-order valence-electron chi connectivity index (χ3n) is 11.2. The van der Waals surface area contributed by atoms with E-state index in [9.17, 15) is 0 Å². The molecule has 266 valence electrons. The van der Waals surface area contributed by atoms with Gasteiger partial charge < -0.3 is 8.98 Å². The van der Waals surface area contributed by atoms with Crippen molar-refractivity contribution >= 4 is 65.6 Å². The summed E-state index contributed by atoms with van der Waals surface area (Å²) in [6.07, 6.45) is 0. The Bertz CT molecular complexity index is 3510. The van der Waals surface area contributed by atoms with E-state index in [2.05, 4.69) is 161 Å². The molecule has 6 heteroatoms. The second-order valence-electron chi connectivity index (χ2n) is 14.4. The topological polar surface area (TPSA) is 61.7 Å². The number of rotatable bonds is 5. The van der Waals surface area contributed by atoms with Crippen molar-refractivity contribution in [3.05, 3.63) is 188 Å². The van der Waals surface area contributed by atoms with E-state index in [-0.39, 0.29) is 0 Å². The molecule has 6 nitrogen and oxygen atoms in total. The smallest absolute Gasteiger partial charge is 0.238 e. The van der Waals surface area contributed by atoms with Gasteiger partial charge in [-0.3, -0.25) is 4.57 Å². The van der Waals surface area contributed by atoms with E-state index in [4.69, 9.17) is 19.4 Å². The Morgan fingerprint density at radius 2 is 0.895 bits per heavy atom. The molecule has 57 heavy (non-hydrogen) atoms. The van der Waals surface area contributed by atoms with Crippen LogP contribution < -0.4 is 0 Å². The van der Waals surface area contributed by atoms with Gasteiger partial charge in [0.05, 0.1) is 22.1 Å². The van der Waals surface area contributed by atoms with Gasteiger partial charge in [0, 0.05) is 49.1 Å². The molecule has 0 saturated carbocycles. The summed E-state index contributed by atoms with van der Waals surface area (Å²) in [5.74, 6) is 1.69. The van der Waals surface area contributed by atoms with Crippen LogP contribution in [0.4, 0.5) is 0 Å². The van der Waals surface area contributed by atoms with Gasteiger partial charge in [0.15, 0.2) is 11.6 Å². The predicted octanol–water partition coefficient (Wildman–Crippen LogP) is 13.0. The van der Waals surface area contributed by atoms with E-state index < -0.39 is 0 Å². The molecule has 0 aliphatic rings. The van der Waals surface area contributed by atoms with Crippen LogP contribution in [0.25, 0.3) is 111 Å². The maximum Gasteiger partial charge on any atom is 0.238 e. The zero-order chi connectivity index (χ0) is 37.5. The van der Waals surface area contributed by atoms with Gasteiger partial charge in [-0.25, -0.2) is 4.98 Å². The summed E-state index contributed by atoms with van der Waals surface area (Å²) >= 11 is 0. The minimum absolute atomic E-state index is 0.538. The fourth-order valence-corrected chi connectivity index (χ4v) is 8.67. The van der Waals surface area contributed by atoms with Crippen molar-refractivity contribution in [2.24, 2.45) is 0 Å².